The van der Waals surface area contributed by atoms with Crippen LogP contribution in [0.5, 0.6) is 0 Å². The van der Waals surface area contributed by atoms with Crippen molar-refractivity contribution in [2.75, 3.05) is 13.2 Å². The number of nitrogens with zero attached hydrogens (tertiary/aromatic N) is 1. The Kier molecular flexibility index (Phi) is 9.16. The third kappa shape index (κ3) is 11.7. The van der Waals surface area contributed by atoms with E-state index in [0.29, 0.717) is 19.6 Å². The summed E-state index contributed by atoms with van der Waals surface area (Å²) in [6.45, 7) is 8.66. The van der Waals surface area contributed by atoms with Crippen molar-refractivity contribution in [2.24, 2.45) is 10.7 Å². The van der Waals surface area contributed by atoms with Gasteiger partial charge in [-0.15, -0.1) is 0 Å². The number of unbranched alkanes of at least 4 members (excludes halogenated alkanes) is 1. The number of aliphatic imine (C=N–C) groups is 1. The first-order valence-electron chi connectivity index (χ1n) is 6.71. The summed E-state index contributed by atoms with van der Waals surface area (Å²) >= 11 is 0. The molecule has 3 N–H and O–H groups in total. The molecule has 0 aliphatic heterocycles. The Balaban J connectivity index is 3.60. The van der Waals surface area contributed by atoms with Crippen LogP contribution in [0.3, 0.4) is 0 Å². The average molecular weight is 273 g/mol. The lowest BCUT2D eigenvalue weighted by atomic mass is 10.1. The van der Waals surface area contributed by atoms with Crippen molar-refractivity contribution < 1.29 is 14.4 Å². The second kappa shape index (κ2) is 9.75. The van der Waals surface area contributed by atoms with Crippen LogP contribution < -0.4 is 11.2 Å². The minimum absolute atomic E-state index is 0.339. The van der Waals surface area contributed by atoms with Crippen LogP contribution in [-0.4, -0.2) is 37.1 Å². The van der Waals surface area contributed by atoms with E-state index >= 15 is 0 Å². The first-order valence-corrected chi connectivity index (χ1v) is 6.71. The third-order valence-electron chi connectivity index (χ3n) is 2.13. The molecule has 0 heterocycles. The van der Waals surface area contributed by atoms with Crippen LogP contribution >= 0.6 is 0 Å². The van der Waals surface area contributed by atoms with E-state index in [-0.39, 0.29) is 5.97 Å². The van der Waals surface area contributed by atoms with Gasteiger partial charge in [0.05, 0.1) is 6.61 Å². The Labute approximate surface area is 115 Å². The number of hydroxylamine groups is 1. The van der Waals surface area contributed by atoms with E-state index in [1.165, 1.54) is 6.34 Å². The van der Waals surface area contributed by atoms with E-state index in [1.807, 2.05) is 27.7 Å². The number of nitrogens with two attached hydrogens (primary N) is 1. The minimum atomic E-state index is -0.551. The predicted octanol–water partition coefficient (Wildman–Crippen LogP) is 1.40. The van der Waals surface area contributed by atoms with E-state index in [9.17, 15) is 4.79 Å². The van der Waals surface area contributed by atoms with Gasteiger partial charge in [0, 0.05) is 6.54 Å². The summed E-state index contributed by atoms with van der Waals surface area (Å²) < 4.78 is 5.20. The topological polar surface area (TPSA) is 85.9 Å². The molecule has 0 radical (unpaired) electrons. The molecule has 1 atom stereocenters. The molecule has 6 heteroatoms. The Morgan fingerprint density at radius 1 is 1.42 bits per heavy atom. The molecule has 0 aliphatic carbocycles. The first kappa shape index (κ1) is 17.9. The van der Waals surface area contributed by atoms with Crippen LogP contribution in [0, 0.1) is 0 Å². The molecule has 0 bridgehead atoms. The van der Waals surface area contributed by atoms with E-state index in [2.05, 4.69) is 10.5 Å². The minimum Gasteiger partial charge on any atom is -0.459 e. The Bertz CT molecular complexity index is 275. The molecular weight excluding hydrogens is 246 g/mol. The van der Waals surface area contributed by atoms with Gasteiger partial charge in [0.25, 0.3) is 0 Å². The van der Waals surface area contributed by atoms with Gasteiger partial charge in [0.15, 0.2) is 0 Å². The van der Waals surface area contributed by atoms with E-state index < -0.39 is 11.6 Å². The summed E-state index contributed by atoms with van der Waals surface area (Å²) in [5.41, 5.74) is 7.87. The highest BCUT2D eigenvalue weighted by molar-refractivity contribution is 5.75. The van der Waals surface area contributed by atoms with E-state index in [1.54, 1.807) is 0 Å². The van der Waals surface area contributed by atoms with Crippen molar-refractivity contribution in [2.45, 2.75) is 58.6 Å². The zero-order valence-electron chi connectivity index (χ0n) is 12.4. The molecular formula is C13H27N3O3. The summed E-state index contributed by atoms with van der Waals surface area (Å²) in [6, 6.07) is -0.551. The predicted molar refractivity (Wildman–Crippen MR) is 75.8 cm³/mol. The van der Waals surface area contributed by atoms with Crippen LogP contribution in [0.1, 0.15) is 47.0 Å². The number of hydrogen-bond donors (Lipinski definition) is 2. The highest BCUT2D eigenvalue weighted by Crippen LogP contribution is 2.10. The van der Waals surface area contributed by atoms with Gasteiger partial charge >= 0.3 is 5.97 Å². The molecule has 0 saturated carbocycles. The lowest BCUT2D eigenvalue weighted by Gasteiger charge is -2.22. The SMILES string of the molecule is CCONC=NCCCC[C@H](N)C(=O)OC(C)(C)C. The van der Waals surface area contributed by atoms with Crippen molar-refractivity contribution >= 4 is 12.3 Å². The number of ether oxygens (including phenoxy) is 1. The summed E-state index contributed by atoms with van der Waals surface area (Å²) in [6.07, 6.45) is 3.85. The lowest BCUT2D eigenvalue weighted by Crippen LogP contribution is -2.37. The summed E-state index contributed by atoms with van der Waals surface area (Å²) in [7, 11) is 0. The highest BCUT2D eigenvalue weighted by atomic mass is 16.6. The van der Waals surface area contributed by atoms with Crippen molar-refractivity contribution in [1.29, 1.82) is 0 Å². The molecule has 0 fully saturated rings. The maximum atomic E-state index is 11.6. The van der Waals surface area contributed by atoms with Crippen LogP contribution in [0.2, 0.25) is 0 Å². The van der Waals surface area contributed by atoms with Crippen LogP contribution in [0.15, 0.2) is 4.99 Å². The van der Waals surface area contributed by atoms with Crippen LogP contribution in [0.25, 0.3) is 0 Å². The molecule has 112 valence electrons. The van der Waals surface area contributed by atoms with Gasteiger partial charge in [0.2, 0.25) is 0 Å². The second-order valence-corrected chi connectivity index (χ2v) is 5.22. The van der Waals surface area contributed by atoms with Gasteiger partial charge < -0.3 is 10.5 Å². The quantitative estimate of drug-likeness (QED) is 0.218. The summed E-state index contributed by atoms with van der Waals surface area (Å²) in [5.74, 6) is -0.339. The number of hydrogen-bond acceptors (Lipinski definition) is 5. The normalized spacial score (nSPS) is 13.5. The molecule has 0 aromatic rings. The van der Waals surface area contributed by atoms with Gasteiger partial charge in [-0.2, -0.15) is 0 Å². The van der Waals surface area contributed by atoms with Gasteiger partial charge in [-0.3, -0.25) is 20.1 Å². The third-order valence-corrected chi connectivity index (χ3v) is 2.13. The fourth-order valence-corrected chi connectivity index (χ4v) is 1.29. The zero-order valence-corrected chi connectivity index (χ0v) is 12.4. The molecule has 0 aliphatic rings. The molecule has 0 unspecified atom stereocenters. The number of rotatable bonds is 9. The van der Waals surface area contributed by atoms with Crippen molar-refractivity contribution in [3.8, 4) is 0 Å². The Hall–Kier alpha value is -1.14. The van der Waals surface area contributed by atoms with Crippen LogP contribution in [-0.2, 0) is 14.4 Å². The average Bonchev–Trinajstić information content (AvgIpc) is 2.30. The molecule has 19 heavy (non-hydrogen) atoms. The van der Waals surface area contributed by atoms with Crippen LogP contribution in [0.4, 0.5) is 0 Å². The van der Waals surface area contributed by atoms with E-state index in [0.717, 1.165) is 12.8 Å². The Morgan fingerprint density at radius 3 is 2.68 bits per heavy atom. The maximum Gasteiger partial charge on any atom is 0.323 e. The first-order chi connectivity index (χ1) is 8.87. The van der Waals surface area contributed by atoms with Crippen molar-refractivity contribution in [3.05, 3.63) is 0 Å². The van der Waals surface area contributed by atoms with Crippen molar-refractivity contribution in [3.63, 3.8) is 0 Å². The second-order valence-electron chi connectivity index (χ2n) is 5.22. The number of esters is 1. The molecule has 0 rings (SSSR count). The summed E-state index contributed by atoms with van der Waals surface area (Å²) in [5, 5.41) is 0. The van der Waals surface area contributed by atoms with Gasteiger partial charge in [-0.05, 0) is 47.0 Å². The molecule has 0 spiro atoms. The fraction of sp³-hybridized carbons (Fsp3) is 0.846. The molecule has 0 saturated heterocycles. The monoisotopic (exact) mass is 273 g/mol. The fourth-order valence-electron chi connectivity index (χ4n) is 1.29. The van der Waals surface area contributed by atoms with Gasteiger partial charge in [-0.25, -0.2) is 0 Å². The summed E-state index contributed by atoms with van der Waals surface area (Å²) in [4.78, 5) is 20.6. The smallest absolute Gasteiger partial charge is 0.323 e. The largest absolute Gasteiger partial charge is 0.459 e. The maximum absolute atomic E-state index is 11.6. The van der Waals surface area contributed by atoms with Gasteiger partial charge in [-0.1, -0.05) is 0 Å². The number of carbonyl (C=O) groups excluding carboxylic acids is 1. The molecule has 0 aromatic heterocycles. The molecule has 0 amide bonds. The van der Waals surface area contributed by atoms with Crippen molar-refractivity contribution in [1.82, 2.24) is 5.48 Å². The highest BCUT2D eigenvalue weighted by Gasteiger charge is 2.21. The standard InChI is InChI=1S/C13H27N3O3/c1-5-18-16-10-15-9-7-6-8-11(14)12(17)19-13(2,3)4/h10-11H,5-9,14H2,1-4H3,(H,15,16)/t11-/m0/s1. The number of nitrogens with one attached hydrogen (secondary N) is 1. The molecule has 6 nitrogen and oxygen atoms in total. The zero-order chi connectivity index (χ0) is 14.7. The lowest BCUT2D eigenvalue weighted by molar-refractivity contribution is -0.156. The Morgan fingerprint density at radius 2 is 2.11 bits per heavy atom. The van der Waals surface area contributed by atoms with Gasteiger partial charge in [0.1, 0.15) is 18.0 Å². The van der Waals surface area contributed by atoms with E-state index in [4.69, 9.17) is 15.3 Å². The number of carbonyl (C=O) groups is 1. The molecule has 0 aromatic carbocycles.